The van der Waals surface area contributed by atoms with Crippen molar-refractivity contribution in [3.63, 3.8) is 0 Å². The molecule has 0 atom stereocenters. The van der Waals surface area contributed by atoms with Gasteiger partial charge in [0, 0.05) is 0 Å². The van der Waals surface area contributed by atoms with Crippen molar-refractivity contribution >= 4 is 0 Å². The number of hydrogen-bond donors (Lipinski definition) is 0. The van der Waals surface area contributed by atoms with E-state index in [0.717, 1.165) is 0 Å². The fourth-order valence-corrected chi connectivity index (χ4v) is 1.31. The maximum absolute atomic E-state index is 3.35. The van der Waals surface area contributed by atoms with Crippen molar-refractivity contribution in [2.45, 2.75) is 34.6 Å². The Balaban J connectivity index is -0.000000403. The molecule has 0 aliphatic carbocycles. The van der Waals surface area contributed by atoms with Crippen LogP contribution in [-0.4, -0.2) is 0 Å². The fourth-order valence-electron chi connectivity index (χ4n) is 1.31. The Morgan fingerprint density at radius 2 is 0.929 bits per heavy atom. The summed E-state index contributed by atoms with van der Waals surface area (Å²) in [6.45, 7) is 10.7. The van der Waals surface area contributed by atoms with Gasteiger partial charge in [0.15, 0.2) is 0 Å². The van der Waals surface area contributed by atoms with Crippen molar-refractivity contribution in [3.8, 4) is 0 Å². The summed E-state index contributed by atoms with van der Waals surface area (Å²) < 4.78 is 0. The molecule has 1 aromatic carbocycles. The van der Waals surface area contributed by atoms with Gasteiger partial charge >= 0.3 is 32.7 Å². The van der Waals surface area contributed by atoms with E-state index >= 15 is 0 Å². The Kier molecular flexibility index (Phi) is 10.8. The number of benzene rings is 1. The van der Waals surface area contributed by atoms with E-state index in [9.17, 15) is 0 Å². The second kappa shape index (κ2) is 7.59. The molecule has 0 nitrogen and oxygen atoms in total. The quantitative estimate of drug-likeness (QED) is 0.624. The van der Waals surface area contributed by atoms with Crippen LogP contribution in [0.15, 0.2) is 0 Å². The van der Waals surface area contributed by atoms with Crippen LogP contribution >= 0.6 is 0 Å². The average Bonchev–Trinajstić information content (AvgIpc) is 1.97. The molecule has 0 spiro atoms. The molecule has 0 amide bonds. The first kappa shape index (κ1) is 19.8. The molecule has 76 valence electrons. The van der Waals surface area contributed by atoms with E-state index in [1.807, 2.05) is 0 Å². The van der Waals surface area contributed by atoms with Gasteiger partial charge in [-0.25, -0.2) is 0 Å². The van der Waals surface area contributed by atoms with Crippen molar-refractivity contribution in [1.29, 1.82) is 0 Å². The van der Waals surface area contributed by atoms with Crippen LogP contribution in [0.1, 0.15) is 27.8 Å². The molecule has 0 aliphatic rings. The molecule has 0 fully saturated rings. The first-order valence-electron chi connectivity index (χ1n) is 4.00. The van der Waals surface area contributed by atoms with Crippen molar-refractivity contribution in [2.24, 2.45) is 0 Å². The molecule has 0 aromatic heterocycles. The van der Waals surface area contributed by atoms with Crippen LogP contribution in [0.3, 0.4) is 0 Å². The molecule has 0 saturated carbocycles. The Morgan fingerprint density at radius 1 is 0.643 bits per heavy atom. The number of rotatable bonds is 0. The summed E-state index contributed by atoms with van der Waals surface area (Å²) in [7, 11) is 0. The Hall–Kier alpha value is 0.324. The molecule has 1 aromatic rings. The maximum atomic E-state index is 3.35. The van der Waals surface area contributed by atoms with Crippen LogP contribution in [0.4, 0.5) is 0 Å². The molecule has 0 bridgehead atoms. The average molecular weight is 266 g/mol. The van der Waals surface area contributed by atoms with Gasteiger partial charge in [-0.1, -0.05) is 34.6 Å². The molecule has 1 rings (SSSR count). The normalized spacial score (nSPS) is 8.07. The van der Waals surface area contributed by atoms with Gasteiger partial charge in [0.1, 0.15) is 0 Å². The monoisotopic (exact) mass is 266 g/mol. The van der Waals surface area contributed by atoms with Crippen molar-refractivity contribution in [2.75, 3.05) is 0 Å². The van der Waals surface area contributed by atoms with E-state index in [0.29, 0.717) is 0 Å². The first-order valence-corrected chi connectivity index (χ1v) is 4.00. The summed E-state index contributed by atoms with van der Waals surface area (Å²) in [5.41, 5.74) is 6.75. The van der Waals surface area contributed by atoms with Gasteiger partial charge in [-0.05, 0) is 0 Å². The van der Waals surface area contributed by atoms with Crippen molar-refractivity contribution in [3.05, 3.63) is 48.7 Å². The third-order valence-electron chi connectivity index (χ3n) is 2.62. The van der Waals surface area contributed by atoms with Crippen LogP contribution in [-0.2, 0) is 32.7 Å². The predicted molar refractivity (Wildman–Crippen MR) is 61.8 cm³/mol. The van der Waals surface area contributed by atoms with E-state index in [2.05, 4.69) is 40.7 Å². The SMILES string of the molecule is Cc1[c-]c(C)c(C)c(C)c1C.[CH3-].[CH3-].[Y+3]. The molecule has 14 heavy (non-hydrogen) atoms. The summed E-state index contributed by atoms with van der Waals surface area (Å²) in [6, 6.07) is 3.35. The van der Waals surface area contributed by atoms with E-state index in [1.165, 1.54) is 27.8 Å². The van der Waals surface area contributed by atoms with Gasteiger partial charge in [-0.2, -0.15) is 33.9 Å². The molecule has 0 aliphatic heterocycles. The molecular weight excluding hydrogens is 245 g/mol. The van der Waals surface area contributed by atoms with Gasteiger partial charge < -0.3 is 14.9 Å². The van der Waals surface area contributed by atoms with Crippen LogP contribution in [0.2, 0.25) is 0 Å². The third-order valence-corrected chi connectivity index (χ3v) is 2.62. The van der Waals surface area contributed by atoms with Gasteiger partial charge in [0.25, 0.3) is 0 Å². The molecule has 0 heterocycles. The van der Waals surface area contributed by atoms with Crippen LogP contribution < -0.4 is 0 Å². The van der Waals surface area contributed by atoms with Gasteiger partial charge in [0.05, 0.1) is 0 Å². The summed E-state index contributed by atoms with van der Waals surface area (Å²) in [5, 5.41) is 0. The van der Waals surface area contributed by atoms with Gasteiger partial charge in [-0.15, -0.1) is 0 Å². The van der Waals surface area contributed by atoms with Crippen LogP contribution in [0, 0.1) is 55.5 Å². The van der Waals surface area contributed by atoms with Crippen LogP contribution in [0.5, 0.6) is 0 Å². The van der Waals surface area contributed by atoms with E-state index in [-0.39, 0.29) is 47.6 Å². The first-order chi connectivity index (χ1) is 5.04. The van der Waals surface area contributed by atoms with E-state index in [4.69, 9.17) is 0 Å². The number of hydrogen-bond acceptors (Lipinski definition) is 0. The summed E-state index contributed by atoms with van der Waals surface area (Å²) in [4.78, 5) is 0. The minimum atomic E-state index is 0. The maximum Gasteiger partial charge on any atom is 3.00 e. The Bertz CT molecular complexity index is 262. The third kappa shape index (κ3) is 3.83. The second-order valence-electron chi connectivity index (χ2n) is 3.25. The van der Waals surface area contributed by atoms with Crippen molar-refractivity contribution < 1.29 is 32.7 Å². The largest absolute Gasteiger partial charge is 3.00 e. The fraction of sp³-hybridized carbons (Fsp3) is 0.385. The van der Waals surface area contributed by atoms with E-state index < -0.39 is 0 Å². The smallest absolute Gasteiger partial charge is 0.358 e. The zero-order valence-corrected chi connectivity index (χ0v) is 13.4. The molecule has 1 heteroatoms. The van der Waals surface area contributed by atoms with Gasteiger partial charge in [-0.3, -0.25) is 0 Å². The zero-order chi connectivity index (χ0) is 8.59. The topological polar surface area (TPSA) is 0 Å². The molecule has 0 unspecified atom stereocenters. The molecular formula is C13H21Y. The van der Waals surface area contributed by atoms with Crippen LogP contribution in [0.25, 0.3) is 0 Å². The molecule has 0 saturated heterocycles. The zero-order valence-electron chi connectivity index (χ0n) is 10.6. The summed E-state index contributed by atoms with van der Waals surface area (Å²) in [5.74, 6) is 0. The molecule has 0 radical (unpaired) electrons. The summed E-state index contributed by atoms with van der Waals surface area (Å²) in [6.07, 6.45) is 0. The number of aryl methyl sites for hydroxylation is 2. The standard InChI is InChI=1S/C11H15.2CH3.Y/c1-7-6-8(2)10(4)11(5)9(7)3;;;/h1-5H3;2*1H3;/q3*-1;+3. The van der Waals surface area contributed by atoms with E-state index in [1.54, 1.807) is 0 Å². The summed E-state index contributed by atoms with van der Waals surface area (Å²) >= 11 is 0. The van der Waals surface area contributed by atoms with Gasteiger partial charge in [0.2, 0.25) is 0 Å². The Morgan fingerprint density at radius 3 is 1.21 bits per heavy atom. The minimum absolute atomic E-state index is 0. The Labute approximate surface area is 115 Å². The minimum Gasteiger partial charge on any atom is -0.358 e. The molecule has 0 N–H and O–H groups in total. The predicted octanol–water partition coefficient (Wildman–Crippen LogP) is 3.93. The van der Waals surface area contributed by atoms with Crippen molar-refractivity contribution in [1.82, 2.24) is 0 Å². The second-order valence-corrected chi connectivity index (χ2v) is 3.25.